The van der Waals surface area contributed by atoms with Crippen molar-refractivity contribution in [3.05, 3.63) is 83.6 Å². The highest BCUT2D eigenvalue weighted by Gasteiger charge is 2.17. The summed E-state index contributed by atoms with van der Waals surface area (Å²) in [6.07, 6.45) is -0.806. The summed E-state index contributed by atoms with van der Waals surface area (Å²) in [6.45, 7) is 1.60. The molecule has 1 N–H and O–H groups in total. The number of rotatable bonds is 6. The Kier molecular flexibility index (Phi) is 5.94. The van der Waals surface area contributed by atoms with Crippen molar-refractivity contribution in [2.75, 3.05) is 5.32 Å². The van der Waals surface area contributed by atoms with Crippen LogP contribution in [0.15, 0.2) is 72.8 Å². The lowest BCUT2D eigenvalue weighted by Gasteiger charge is -2.17. The molecule has 0 aromatic heterocycles. The van der Waals surface area contributed by atoms with Crippen LogP contribution in [0.5, 0.6) is 17.2 Å². The van der Waals surface area contributed by atoms with Crippen LogP contribution in [0.2, 0.25) is 5.02 Å². The van der Waals surface area contributed by atoms with Crippen LogP contribution in [0.1, 0.15) is 6.92 Å². The lowest BCUT2D eigenvalue weighted by Crippen LogP contribution is -2.30. The van der Waals surface area contributed by atoms with Gasteiger partial charge in [-0.05, 0) is 61.5 Å². The molecule has 0 aliphatic heterocycles. The van der Waals surface area contributed by atoms with Crippen molar-refractivity contribution in [2.45, 2.75) is 13.0 Å². The summed E-state index contributed by atoms with van der Waals surface area (Å²) >= 11 is 6.05. The first-order chi connectivity index (χ1) is 13.0. The molecule has 0 bridgehead atoms. The molecule has 3 aromatic rings. The molecular weight excluding hydrogens is 369 g/mol. The molecule has 27 heavy (non-hydrogen) atoms. The standard InChI is InChI=1S/C21H17ClFNO3/c1-14(26-18-10-8-16(23)9-11-18)21(25)24-19-13-15(22)7-12-20(19)27-17-5-3-2-4-6-17/h2-14H,1H3,(H,24,25)/t14-/m0/s1. The first-order valence-corrected chi connectivity index (χ1v) is 8.64. The monoisotopic (exact) mass is 385 g/mol. The molecular formula is C21H17ClFNO3. The summed E-state index contributed by atoms with van der Waals surface area (Å²) in [5.41, 5.74) is 0.422. The van der Waals surface area contributed by atoms with E-state index in [9.17, 15) is 9.18 Å². The number of nitrogens with one attached hydrogen (secondary N) is 1. The first kappa shape index (κ1) is 18.7. The summed E-state index contributed by atoms with van der Waals surface area (Å²) in [5, 5.41) is 3.21. The number of para-hydroxylation sites is 1. The summed E-state index contributed by atoms with van der Waals surface area (Å²) < 4.78 is 24.3. The second-order valence-electron chi connectivity index (χ2n) is 5.76. The maximum absolute atomic E-state index is 13.0. The van der Waals surface area contributed by atoms with Crippen molar-refractivity contribution in [3.63, 3.8) is 0 Å². The zero-order chi connectivity index (χ0) is 19.2. The Morgan fingerprint density at radius 2 is 1.70 bits per heavy atom. The molecule has 1 amide bonds. The van der Waals surface area contributed by atoms with E-state index in [0.29, 0.717) is 28.0 Å². The predicted octanol–water partition coefficient (Wildman–Crippen LogP) is 5.68. The number of carbonyl (C=O) groups is 1. The number of carbonyl (C=O) groups excluding carboxylic acids is 1. The van der Waals surface area contributed by atoms with E-state index in [1.165, 1.54) is 24.3 Å². The average Bonchev–Trinajstić information content (AvgIpc) is 2.66. The molecule has 0 radical (unpaired) electrons. The van der Waals surface area contributed by atoms with Gasteiger partial charge in [-0.25, -0.2) is 4.39 Å². The number of amides is 1. The van der Waals surface area contributed by atoms with Crippen LogP contribution in [-0.4, -0.2) is 12.0 Å². The Morgan fingerprint density at radius 3 is 2.41 bits per heavy atom. The molecule has 6 heteroatoms. The third kappa shape index (κ3) is 5.21. The Balaban J connectivity index is 1.72. The second-order valence-corrected chi connectivity index (χ2v) is 6.20. The topological polar surface area (TPSA) is 47.6 Å². The van der Waals surface area contributed by atoms with E-state index in [4.69, 9.17) is 21.1 Å². The van der Waals surface area contributed by atoms with Crippen molar-refractivity contribution >= 4 is 23.2 Å². The van der Waals surface area contributed by atoms with Gasteiger partial charge in [0.05, 0.1) is 5.69 Å². The summed E-state index contributed by atoms with van der Waals surface area (Å²) in [6, 6.07) is 19.6. The lowest BCUT2D eigenvalue weighted by molar-refractivity contribution is -0.122. The van der Waals surface area contributed by atoms with Crippen molar-refractivity contribution in [3.8, 4) is 17.2 Å². The smallest absolute Gasteiger partial charge is 0.265 e. The minimum absolute atomic E-state index is 0.374. The van der Waals surface area contributed by atoms with Gasteiger partial charge >= 0.3 is 0 Å². The Morgan fingerprint density at radius 1 is 1.00 bits per heavy atom. The fraction of sp³-hybridized carbons (Fsp3) is 0.0952. The molecule has 3 aromatic carbocycles. The average molecular weight is 386 g/mol. The first-order valence-electron chi connectivity index (χ1n) is 8.27. The summed E-state index contributed by atoms with van der Waals surface area (Å²) in [4.78, 5) is 12.5. The van der Waals surface area contributed by atoms with Crippen molar-refractivity contribution in [1.29, 1.82) is 0 Å². The third-order valence-corrected chi connectivity index (χ3v) is 3.90. The van der Waals surface area contributed by atoms with Gasteiger partial charge in [0.2, 0.25) is 0 Å². The maximum atomic E-state index is 13.0. The van der Waals surface area contributed by atoms with Crippen LogP contribution in [0.3, 0.4) is 0 Å². The van der Waals surface area contributed by atoms with Gasteiger partial charge in [-0.2, -0.15) is 0 Å². The summed E-state index contributed by atoms with van der Waals surface area (Å²) in [7, 11) is 0. The molecule has 0 fully saturated rings. The number of benzene rings is 3. The van der Waals surface area contributed by atoms with Crippen LogP contribution in [0.25, 0.3) is 0 Å². The number of halogens is 2. The van der Waals surface area contributed by atoms with Crippen molar-refractivity contribution in [1.82, 2.24) is 0 Å². The molecule has 0 saturated carbocycles. The fourth-order valence-corrected chi connectivity index (χ4v) is 2.48. The molecule has 138 valence electrons. The van der Waals surface area contributed by atoms with Gasteiger partial charge in [0.1, 0.15) is 17.3 Å². The maximum Gasteiger partial charge on any atom is 0.265 e. The molecule has 0 heterocycles. The zero-order valence-electron chi connectivity index (χ0n) is 14.5. The van der Waals surface area contributed by atoms with Crippen LogP contribution in [-0.2, 0) is 4.79 Å². The number of hydrogen-bond donors (Lipinski definition) is 1. The number of ether oxygens (including phenoxy) is 2. The predicted molar refractivity (Wildman–Crippen MR) is 103 cm³/mol. The highest BCUT2D eigenvalue weighted by molar-refractivity contribution is 6.31. The Bertz CT molecular complexity index is 916. The molecule has 1 atom stereocenters. The van der Waals surface area contributed by atoms with Crippen LogP contribution in [0.4, 0.5) is 10.1 Å². The SMILES string of the molecule is C[C@H](Oc1ccc(F)cc1)C(=O)Nc1cc(Cl)ccc1Oc1ccccc1. The highest BCUT2D eigenvalue weighted by atomic mass is 35.5. The second kappa shape index (κ2) is 8.56. The quantitative estimate of drug-likeness (QED) is 0.594. The van der Waals surface area contributed by atoms with Gasteiger partial charge in [-0.1, -0.05) is 29.8 Å². The molecule has 3 rings (SSSR count). The van der Waals surface area contributed by atoms with Crippen LogP contribution >= 0.6 is 11.6 Å². The lowest BCUT2D eigenvalue weighted by atomic mass is 10.2. The van der Waals surface area contributed by atoms with Gasteiger partial charge in [0.25, 0.3) is 5.91 Å². The Labute approximate surface area is 161 Å². The van der Waals surface area contributed by atoms with E-state index in [-0.39, 0.29) is 11.7 Å². The van der Waals surface area contributed by atoms with Crippen molar-refractivity contribution < 1.29 is 18.7 Å². The minimum atomic E-state index is -0.806. The molecule has 0 spiro atoms. The minimum Gasteiger partial charge on any atom is -0.481 e. The fourth-order valence-electron chi connectivity index (χ4n) is 2.31. The van der Waals surface area contributed by atoms with E-state index in [2.05, 4.69) is 5.32 Å². The molecule has 0 aliphatic rings. The van der Waals surface area contributed by atoms with E-state index in [0.717, 1.165) is 0 Å². The zero-order valence-corrected chi connectivity index (χ0v) is 15.2. The Hall–Kier alpha value is -3.05. The normalized spacial score (nSPS) is 11.5. The molecule has 0 aliphatic carbocycles. The van der Waals surface area contributed by atoms with Gasteiger partial charge in [0, 0.05) is 5.02 Å². The molecule has 0 unspecified atom stereocenters. The number of hydrogen-bond acceptors (Lipinski definition) is 3. The summed E-state index contributed by atoms with van der Waals surface area (Å²) in [5.74, 6) is 0.713. The molecule has 4 nitrogen and oxygen atoms in total. The highest BCUT2D eigenvalue weighted by Crippen LogP contribution is 2.32. The van der Waals surface area contributed by atoms with E-state index in [1.54, 1.807) is 37.3 Å². The van der Waals surface area contributed by atoms with Crippen molar-refractivity contribution in [2.24, 2.45) is 0 Å². The van der Waals surface area contributed by atoms with Crippen LogP contribution in [0, 0.1) is 5.82 Å². The largest absolute Gasteiger partial charge is 0.481 e. The van der Waals surface area contributed by atoms with Gasteiger partial charge in [0.15, 0.2) is 11.9 Å². The van der Waals surface area contributed by atoms with Gasteiger partial charge in [-0.15, -0.1) is 0 Å². The van der Waals surface area contributed by atoms with Crippen LogP contribution < -0.4 is 14.8 Å². The van der Waals surface area contributed by atoms with Gasteiger partial charge < -0.3 is 14.8 Å². The number of anilines is 1. The van der Waals surface area contributed by atoms with Gasteiger partial charge in [-0.3, -0.25) is 4.79 Å². The van der Waals surface area contributed by atoms with E-state index in [1.807, 2.05) is 18.2 Å². The molecule has 0 saturated heterocycles. The van der Waals surface area contributed by atoms with E-state index >= 15 is 0 Å². The third-order valence-electron chi connectivity index (χ3n) is 3.67. The van der Waals surface area contributed by atoms with E-state index < -0.39 is 6.10 Å².